The Balaban J connectivity index is 1.15. The minimum atomic E-state index is -0.101. The Morgan fingerprint density at radius 1 is 0.810 bits per heavy atom. The average molecular weight is 580 g/mol. The molecule has 1 aliphatic rings. The highest BCUT2D eigenvalue weighted by Crippen LogP contribution is 2.20. The van der Waals surface area contributed by atoms with E-state index in [9.17, 15) is 4.79 Å². The summed E-state index contributed by atoms with van der Waals surface area (Å²) < 4.78 is 13.3. The van der Waals surface area contributed by atoms with Crippen LogP contribution in [0.15, 0.2) is 49.1 Å². The predicted molar refractivity (Wildman–Crippen MR) is 164 cm³/mol. The molecule has 12 heteroatoms. The number of imidazole rings is 1. The van der Waals surface area contributed by atoms with Crippen molar-refractivity contribution in [1.82, 2.24) is 29.8 Å². The second-order valence-corrected chi connectivity index (χ2v) is 10.3. The van der Waals surface area contributed by atoms with Gasteiger partial charge in [0, 0.05) is 50.2 Å². The topological polar surface area (TPSA) is 140 Å². The van der Waals surface area contributed by atoms with Crippen LogP contribution in [0.5, 0.6) is 0 Å². The fourth-order valence-electron chi connectivity index (χ4n) is 4.75. The molecule has 0 radical (unpaired) electrons. The number of amides is 1. The average Bonchev–Trinajstić information content (AvgIpc) is 3.52. The number of nitrogens with one attached hydrogen (secondary N) is 4. The van der Waals surface area contributed by atoms with Crippen molar-refractivity contribution < 1.29 is 14.3 Å². The summed E-state index contributed by atoms with van der Waals surface area (Å²) in [6, 6.07) is 9.52. The van der Waals surface area contributed by atoms with Gasteiger partial charge in [-0.05, 0) is 31.4 Å². The number of ether oxygens (including phenoxy) is 2. The van der Waals surface area contributed by atoms with E-state index in [1.54, 1.807) is 18.3 Å². The summed E-state index contributed by atoms with van der Waals surface area (Å²) >= 11 is 0. The highest BCUT2D eigenvalue weighted by atomic mass is 16.5. The van der Waals surface area contributed by atoms with Crippen molar-refractivity contribution in [3.8, 4) is 0 Å². The third-order valence-electron chi connectivity index (χ3n) is 6.98. The first kappa shape index (κ1) is 31.2. The molecule has 1 fully saturated rings. The first-order valence-electron chi connectivity index (χ1n) is 15.2. The summed E-state index contributed by atoms with van der Waals surface area (Å²) in [5, 5.41) is 13.0. The van der Waals surface area contributed by atoms with Gasteiger partial charge in [-0.3, -0.25) is 4.79 Å². The lowest BCUT2D eigenvalue weighted by Crippen LogP contribution is -2.27. The van der Waals surface area contributed by atoms with Gasteiger partial charge in [0.1, 0.15) is 0 Å². The molecule has 2 aromatic heterocycles. The predicted octanol–water partition coefficient (Wildman–Crippen LogP) is 3.97. The molecule has 228 valence electrons. The fraction of sp³-hybridized carbons (Fsp3) is 0.567. The van der Waals surface area contributed by atoms with Gasteiger partial charge in [0.2, 0.25) is 17.8 Å². The zero-order valence-corrected chi connectivity index (χ0v) is 24.5. The normalized spacial score (nSPS) is 14.1. The highest BCUT2D eigenvalue weighted by Gasteiger charge is 2.14. The van der Waals surface area contributed by atoms with E-state index in [0.717, 1.165) is 32.4 Å². The minimum absolute atomic E-state index is 0.101. The van der Waals surface area contributed by atoms with Crippen LogP contribution in [0.25, 0.3) is 0 Å². The van der Waals surface area contributed by atoms with Gasteiger partial charge < -0.3 is 35.3 Å². The van der Waals surface area contributed by atoms with Crippen molar-refractivity contribution in [1.29, 1.82) is 0 Å². The molecular weight excluding hydrogens is 534 g/mol. The Morgan fingerprint density at radius 3 is 2.19 bits per heavy atom. The summed E-state index contributed by atoms with van der Waals surface area (Å²) in [6.07, 6.45) is 15.2. The van der Waals surface area contributed by atoms with E-state index in [1.165, 1.54) is 32.1 Å². The summed E-state index contributed by atoms with van der Waals surface area (Å²) in [4.78, 5) is 30.0. The molecule has 1 aliphatic carbocycles. The van der Waals surface area contributed by atoms with Gasteiger partial charge in [-0.15, -0.1) is 0 Å². The lowest BCUT2D eigenvalue weighted by Gasteiger charge is -2.21. The molecule has 4 N–H and O–H groups in total. The zero-order chi connectivity index (χ0) is 29.1. The number of anilines is 3. The third-order valence-corrected chi connectivity index (χ3v) is 6.98. The number of benzene rings is 1. The van der Waals surface area contributed by atoms with Crippen LogP contribution in [0.2, 0.25) is 0 Å². The van der Waals surface area contributed by atoms with Crippen LogP contribution in [-0.2, 0) is 16.0 Å². The number of hydrogen-bond donors (Lipinski definition) is 4. The van der Waals surface area contributed by atoms with E-state index < -0.39 is 0 Å². The SMILES string of the molecule is O=C(NCCOCCOCCNc1nc(NCCCn2ccnc2)nc(NC2CCCCCCC2)n1)c1ccccc1. The number of nitrogens with zero attached hydrogens (tertiary/aromatic N) is 5. The quantitative estimate of drug-likeness (QED) is 0.164. The fourth-order valence-corrected chi connectivity index (χ4v) is 4.75. The molecule has 1 saturated carbocycles. The van der Waals surface area contributed by atoms with Crippen molar-refractivity contribution in [2.24, 2.45) is 0 Å². The zero-order valence-electron chi connectivity index (χ0n) is 24.5. The molecule has 0 saturated heterocycles. The van der Waals surface area contributed by atoms with Gasteiger partial charge in [-0.1, -0.05) is 50.3 Å². The first-order valence-corrected chi connectivity index (χ1v) is 15.2. The Hall–Kier alpha value is -3.77. The van der Waals surface area contributed by atoms with Gasteiger partial charge in [0.25, 0.3) is 5.91 Å². The van der Waals surface area contributed by atoms with Gasteiger partial charge in [0.15, 0.2) is 0 Å². The van der Waals surface area contributed by atoms with E-state index >= 15 is 0 Å². The third kappa shape index (κ3) is 12.0. The first-order chi connectivity index (χ1) is 20.8. The largest absolute Gasteiger partial charge is 0.377 e. The van der Waals surface area contributed by atoms with Crippen molar-refractivity contribution in [2.75, 3.05) is 62.0 Å². The Bertz CT molecular complexity index is 1140. The number of aryl methyl sites for hydroxylation is 1. The lowest BCUT2D eigenvalue weighted by atomic mass is 9.97. The maximum Gasteiger partial charge on any atom is 0.251 e. The highest BCUT2D eigenvalue weighted by molar-refractivity contribution is 5.94. The van der Waals surface area contributed by atoms with Gasteiger partial charge in [0.05, 0.1) is 32.8 Å². The van der Waals surface area contributed by atoms with Crippen molar-refractivity contribution in [3.05, 3.63) is 54.6 Å². The van der Waals surface area contributed by atoms with Crippen LogP contribution < -0.4 is 21.3 Å². The van der Waals surface area contributed by atoms with Crippen molar-refractivity contribution in [2.45, 2.75) is 64.0 Å². The molecule has 1 amide bonds. The number of carbonyl (C=O) groups excluding carboxylic acids is 1. The van der Waals surface area contributed by atoms with E-state index in [1.807, 2.05) is 30.7 Å². The molecule has 0 bridgehead atoms. The number of aromatic nitrogens is 5. The molecule has 42 heavy (non-hydrogen) atoms. The summed E-state index contributed by atoms with van der Waals surface area (Å²) in [5.74, 6) is 1.57. The second kappa shape index (κ2) is 18.6. The molecule has 2 heterocycles. The smallest absolute Gasteiger partial charge is 0.251 e. The Kier molecular flexibility index (Phi) is 13.8. The van der Waals surface area contributed by atoms with Gasteiger partial charge in [-0.2, -0.15) is 15.0 Å². The maximum absolute atomic E-state index is 12.0. The number of carbonyl (C=O) groups is 1. The Morgan fingerprint density at radius 2 is 1.48 bits per heavy atom. The van der Waals surface area contributed by atoms with Crippen molar-refractivity contribution in [3.63, 3.8) is 0 Å². The summed E-state index contributed by atoms with van der Waals surface area (Å²) in [5.41, 5.74) is 0.641. The molecule has 0 atom stereocenters. The molecular formula is C30H45N9O3. The van der Waals surface area contributed by atoms with E-state index in [0.29, 0.717) is 69.0 Å². The summed E-state index contributed by atoms with van der Waals surface area (Å²) in [7, 11) is 0. The molecule has 1 aromatic carbocycles. The van der Waals surface area contributed by atoms with Crippen LogP contribution in [-0.4, -0.2) is 82.5 Å². The van der Waals surface area contributed by atoms with E-state index in [2.05, 4.69) is 45.8 Å². The minimum Gasteiger partial charge on any atom is -0.377 e. The van der Waals surface area contributed by atoms with Crippen LogP contribution in [0, 0.1) is 0 Å². The van der Waals surface area contributed by atoms with E-state index in [-0.39, 0.29) is 5.91 Å². The van der Waals surface area contributed by atoms with Crippen LogP contribution in [0.3, 0.4) is 0 Å². The van der Waals surface area contributed by atoms with E-state index in [4.69, 9.17) is 9.47 Å². The van der Waals surface area contributed by atoms with Crippen molar-refractivity contribution >= 4 is 23.8 Å². The summed E-state index contributed by atoms with van der Waals surface area (Å²) in [6.45, 7) is 4.45. The molecule has 0 spiro atoms. The van der Waals surface area contributed by atoms with Crippen LogP contribution in [0.4, 0.5) is 17.8 Å². The standard InChI is InChI=1S/C30H45N9O3/c40-27(25-10-5-4-6-11-25)32-16-20-41-22-23-42-21-17-34-29-36-28(33-14-9-18-39-19-15-31-24-39)37-30(38-29)35-26-12-7-2-1-3-8-13-26/h4-6,10-11,15,19,24,26H,1-3,7-9,12-14,16-18,20-23H2,(H,32,40)(H3,33,34,35,36,37,38). The van der Waals surface area contributed by atoms with Gasteiger partial charge >= 0.3 is 0 Å². The van der Waals surface area contributed by atoms with Crippen LogP contribution in [0.1, 0.15) is 61.7 Å². The van der Waals surface area contributed by atoms with Crippen LogP contribution >= 0.6 is 0 Å². The monoisotopic (exact) mass is 579 g/mol. The Labute approximate surface area is 248 Å². The molecule has 3 aromatic rings. The second-order valence-electron chi connectivity index (χ2n) is 10.3. The molecule has 4 rings (SSSR count). The molecule has 12 nitrogen and oxygen atoms in total. The van der Waals surface area contributed by atoms with Gasteiger partial charge in [-0.25, -0.2) is 4.98 Å². The maximum atomic E-state index is 12.0. The molecule has 0 aliphatic heterocycles. The lowest BCUT2D eigenvalue weighted by molar-refractivity contribution is 0.0519. The molecule has 0 unspecified atom stereocenters. The number of hydrogen-bond acceptors (Lipinski definition) is 10. The number of rotatable bonds is 18.